The molecule has 0 atom stereocenters. The average Bonchev–Trinajstić information content (AvgIpc) is 2.52. The maximum absolute atomic E-state index is 11.9. The zero-order chi connectivity index (χ0) is 17.2. The zero-order valence-electron chi connectivity index (χ0n) is 13.5. The van der Waals surface area contributed by atoms with Crippen molar-refractivity contribution in [2.24, 2.45) is 0 Å². The fraction of sp³-hybridized carbons (Fsp3) is 0.412. The van der Waals surface area contributed by atoms with Gasteiger partial charge in [0.15, 0.2) is 6.61 Å². The summed E-state index contributed by atoms with van der Waals surface area (Å²) >= 11 is 7.36. The van der Waals surface area contributed by atoms with E-state index in [-0.39, 0.29) is 24.9 Å². The van der Waals surface area contributed by atoms with Crippen LogP contribution < -0.4 is 0 Å². The van der Waals surface area contributed by atoms with Crippen molar-refractivity contribution in [2.75, 3.05) is 25.4 Å². The summed E-state index contributed by atoms with van der Waals surface area (Å²) in [6.45, 7) is 8.35. The van der Waals surface area contributed by atoms with Crippen molar-refractivity contribution in [3.63, 3.8) is 0 Å². The highest BCUT2D eigenvalue weighted by atomic mass is 35.5. The quantitative estimate of drug-likeness (QED) is 0.384. The number of halogens is 1. The van der Waals surface area contributed by atoms with Crippen molar-refractivity contribution in [3.8, 4) is 0 Å². The average molecular weight is 356 g/mol. The van der Waals surface area contributed by atoms with Gasteiger partial charge in [0.25, 0.3) is 5.91 Å². The molecule has 0 spiro atoms. The Morgan fingerprint density at radius 2 is 1.96 bits per heavy atom. The second-order valence-electron chi connectivity index (χ2n) is 5.08. The third kappa shape index (κ3) is 8.09. The molecule has 0 saturated heterocycles. The van der Waals surface area contributed by atoms with Gasteiger partial charge in [-0.3, -0.25) is 9.59 Å². The molecule has 1 amide bonds. The molecule has 0 fully saturated rings. The van der Waals surface area contributed by atoms with Crippen LogP contribution in [0, 0.1) is 0 Å². The summed E-state index contributed by atoms with van der Waals surface area (Å²) in [7, 11) is 0. The van der Waals surface area contributed by atoms with Gasteiger partial charge in [0.05, 0.1) is 6.42 Å². The first kappa shape index (κ1) is 19.6. The highest BCUT2D eigenvalue weighted by molar-refractivity contribution is 7.99. The number of rotatable bonds is 9. The van der Waals surface area contributed by atoms with E-state index < -0.39 is 0 Å². The number of amides is 1. The lowest BCUT2D eigenvalue weighted by atomic mass is 10.3. The molecule has 126 valence electrons. The lowest BCUT2D eigenvalue weighted by Gasteiger charge is -2.20. The first-order chi connectivity index (χ1) is 10.9. The molecule has 0 aliphatic rings. The minimum absolute atomic E-state index is 0.200. The molecule has 0 heterocycles. The second-order valence-corrected chi connectivity index (χ2v) is 6.68. The van der Waals surface area contributed by atoms with Crippen molar-refractivity contribution in [1.82, 2.24) is 4.90 Å². The SMILES string of the molecule is C=C(C)CN(CC)C(=O)COC(=O)CCSc1ccc(Cl)cc1. The van der Waals surface area contributed by atoms with E-state index in [1.807, 2.05) is 38.1 Å². The molecule has 0 aromatic heterocycles. The first-order valence-electron chi connectivity index (χ1n) is 7.38. The van der Waals surface area contributed by atoms with Crippen LogP contribution >= 0.6 is 23.4 Å². The van der Waals surface area contributed by atoms with Crippen LogP contribution in [0.3, 0.4) is 0 Å². The molecule has 1 aromatic rings. The maximum Gasteiger partial charge on any atom is 0.307 e. The summed E-state index contributed by atoms with van der Waals surface area (Å²) in [5, 5.41) is 0.683. The number of likely N-dealkylation sites (N-methyl/N-ethyl adjacent to an activating group) is 1. The zero-order valence-corrected chi connectivity index (χ0v) is 15.1. The van der Waals surface area contributed by atoms with Crippen LogP contribution in [0.25, 0.3) is 0 Å². The lowest BCUT2D eigenvalue weighted by molar-refractivity contribution is -0.151. The summed E-state index contributed by atoms with van der Waals surface area (Å²) in [6, 6.07) is 7.42. The van der Waals surface area contributed by atoms with Crippen LogP contribution in [0.2, 0.25) is 5.02 Å². The summed E-state index contributed by atoms with van der Waals surface area (Å²) in [6.07, 6.45) is 0.257. The third-order valence-electron chi connectivity index (χ3n) is 2.94. The molecule has 0 aliphatic carbocycles. The van der Waals surface area contributed by atoms with E-state index >= 15 is 0 Å². The molecule has 0 saturated carbocycles. The first-order valence-corrected chi connectivity index (χ1v) is 8.75. The van der Waals surface area contributed by atoms with Gasteiger partial charge in [-0.25, -0.2) is 0 Å². The molecule has 23 heavy (non-hydrogen) atoms. The van der Waals surface area contributed by atoms with E-state index in [1.54, 1.807) is 16.7 Å². The second kappa shape index (κ2) is 10.3. The van der Waals surface area contributed by atoms with Crippen LogP contribution in [0.4, 0.5) is 0 Å². The van der Waals surface area contributed by atoms with E-state index in [4.69, 9.17) is 16.3 Å². The number of ether oxygens (including phenoxy) is 1. The lowest BCUT2D eigenvalue weighted by Crippen LogP contribution is -2.35. The van der Waals surface area contributed by atoms with Crippen LogP contribution in [0.5, 0.6) is 0 Å². The van der Waals surface area contributed by atoms with E-state index in [0.717, 1.165) is 10.5 Å². The predicted molar refractivity (Wildman–Crippen MR) is 94.8 cm³/mol. The molecule has 6 heteroatoms. The normalized spacial score (nSPS) is 10.2. The number of nitrogens with zero attached hydrogens (tertiary/aromatic N) is 1. The smallest absolute Gasteiger partial charge is 0.307 e. The number of hydrogen-bond acceptors (Lipinski definition) is 4. The highest BCUT2D eigenvalue weighted by Gasteiger charge is 2.14. The van der Waals surface area contributed by atoms with E-state index in [0.29, 0.717) is 23.9 Å². The van der Waals surface area contributed by atoms with E-state index in [1.165, 1.54) is 0 Å². The third-order valence-corrected chi connectivity index (χ3v) is 4.21. The fourth-order valence-corrected chi connectivity index (χ4v) is 2.75. The van der Waals surface area contributed by atoms with Gasteiger partial charge in [-0.2, -0.15) is 0 Å². The summed E-state index contributed by atoms with van der Waals surface area (Å²) < 4.78 is 5.03. The molecule has 0 aliphatic heterocycles. The van der Waals surface area contributed by atoms with Crippen molar-refractivity contribution < 1.29 is 14.3 Å². The largest absolute Gasteiger partial charge is 0.456 e. The van der Waals surface area contributed by atoms with Crippen molar-refractivity contribution in [3.05, 3.63) is 41.4 Å². The minimum atomic E-state index is -0.369. The Labute approximate surface area is 146 Å². The highest BCUT2D eigenvalue weighted by Crippen LogP contribution is 2.20. The van der Waals surface area contributed by atoms with Crippen molar-refractivity contribution in [2.45, 2.75) is 25.2 Å². The fourth-order valence-electron chi connectivity index (χ4n) is 1.79. The summed E-state index contributed by atoms with van der Waals surface area (Å²) in [4.78, 5) is 26.3. The van der Waals surface area contributed by atoms with Gasteiger partial charge in [-0.1, -0.05) is 23.8 Å². The van der Waals surface area contributed by atoms with Crippen LogP contribution in [-0.2, 0) is 14.3 Å². The Balaban J connectivity index is 2.26. The minimum Gasteiger partial charge on any atom is -0.456 e. The molecule has 1 rings (SSSR count). The molecule has 0 N–H and O–H groups in total. The maximum atomic E-state index is 11.9. The molecule has 0 unspecified atom stereocenters. The van der Waals surface area contributed by atoms with Gasteiger partial charge in [-0.15, -0.1) is 11.8 Å². The Morgan fingerprint density at radius 3 is 2.52 bits per heavy atom. The number of carbonyl (C=O) groups excluding carboxylic acids is 2. The molecule has 0 radical (unpaired) electrons. The standard InChI is InChI=1S/C17H22ClNO3S/c1-4-19(11-13(2)3)16(20)12-22-17(21)9-10-23-15-7-5-14(18)6-8-15/h5-8H,2,4,9-12H2,1,3H3. The summed E-state index contributed by atoms with van der Waals surface area (Å²) in [5.74, 6) is 0.0261. The van der Waals surface area contributed by atoms with Gasteiger partial charge < -0.3 is 9.64 Å². The van der Waals surface area contributed by atoms with E-state index in [9.17, 15) is 9.59 Å². The van der Waals surface area contributed by atoms with Crippen molar-refractivity contribution >= 4 is 35.2 Å². The predicted octanol–water partition coefficient (Wildman–Crippen LogP) is 3.79. The molecular weight excluding hydrogens is 334 g/mol. The number of carbonyl (C=O) groups is 2. The number of thioether (sulfide) groups is 1. The summed E-state index contributed by atoms with van der Waals surface area (Å²) in [5.41, 5.74) is 0.894. The van der Waals surface area contributed by atoms with Gasteiger partial charge in [0.2, 0.25) is 0 Å². The monoisotopic (exact) mass is 355 g/mol. The van der Waals surface area contributed by atoms with Gasteiger partial charge in [0, 0.05) is 28.8 Å². The van der Waals surface area contributed by atoms with Crippen molar-refractivity contribution in [1.29, 1.82) is 0 Å². The van der Waals surface area contributed by atoms with Gasteiger partial charge >= 0.3 is 5.97 Å². The Morgan fingerprint density at radius 1 is 1.30 bits per heavy atom. The Bertz CT molecular complexity index is 545. The van der Waals surface area contributed by atoms with Crippen LogP contribution in [0.15, 0.2) is 41.3 Å². The Kier molecular flexibility index (Phi) is 8.81. The van der Waals surface area contributed by atoms with Crippen LogP contribution in [-0.4, -0.2) is 42.2 Å². The van der Waals surface area contributed by atoms with Crippen LogP contribution in [0.1, 0.15) is 20.3 Å². The number of hydrogen-bond donors (Lipinski definition) is 0. The van der Waals surface area contributed by atoms with Gasteiger partial charge in [-0.05, 0) is 38.1 Å². The molecular formula is C17H22ClNO3S. The van der Waals surface area contributed by atoms with Gasteiger partial charge in [0.1, 0.15) is 0 Å². The Hall–Kier alpha value is -1.46. The topological polar surface area (TPSA) is 46.6 Å². The number of esters is 1. The molecule has 1 aromatic carbocycles. The van der Waals surface area contributed by atoms with E-state index in [2.05, 4.69) is 6.58 Å². The molecule has 0 bridgehead atoms. The number of benzene rings is 1. The molecule has 4 nitrogen and oxygen atoms in total.